The Labute approximate surface area is 167 Å². The molecule has 28 heavy (non-hydrogen) atoms. The molecule has 1 heterocycles. The van der Waals surface area contributed by atoms with E-state index in [1.165, 1.54) is 17.7 Å². The van der Waals surface area contributed by atoms with Gasteiger partial charge in [-0.15, -0.1) is 0 Å². The molecule has 4 nitrogen and oxygen atoms in total. The summed E-state index contributed by atoms with van der Waals surface area (Å²) in [6, 6.07) is 15.1. The van der Waals surface area contributed by atoms with Crippen LogP contribution in [0.5, 0.6) is 0 Å². The molecule has 5 heteroatoms. The van der Waals surface area contributed by atoms with Crippen LogP contribution in [0, 0.1) is 5.82 Å². The number of nitrogens with one attached hydrogen (secondary N) is 1. The summed E-state index contributed by atoms with van der Waals surface area (Å²) >= 11 is 0. The lowest BCUT2D eigenvalue weighted by Crippen LogP contribution is -2.49. The fourth-order valence-corrected chi connectivity index (χ4v) is 3.65. The highest BCUT2D eigenvalue weighted by Gasteiger charge is 2.20. The van der Waals surface area contributed by atoms with Crippen molar-refractivity contribution in [1.82, 2.24) is 10.2 Å². The molecule has 0 bridgehead atoms. The number of rotatable bonds is 7. The molecule has 0 spiro atoms. The summed E-state index contributed by atoms with van der Waals surface area (Å²) in [5.74, 6) is -0.159. The van der Waals surface area contributed by atoms with Crippen LogP contribution in [0.25, 0.3) is 0 Å². The fourth-order valence-electron chi connectivity index (χ4n) is 3.65. The SMILES string of the molecule is CCCc1ccc([C@H](C)NC(=O)CN2CCN(c3ccc(F)cc3)CC2)cc1. The minimum atomic E-state index is -0.215. The third-order valence-electron chi connectivity index (χ3n) is 5.33. The molecule has 1 N–H and O–H groups in total. The number of hydrogen-bond acceptors (Lipinski definition) is 3. The molecule has 1 amide bonds. The first-order valence-corrected chi connectivity index (χ1v) is 10.2. The summed E-state index contributed by atoms with van der Waals surface area (Å²) < 4.78 is 13.1. The molecule has 1 fully saturated rings. The third-order valence-corrected chi connectivity index (χ3v) is 5.33. The van der Waals surface area contributed by atoms with Crippen molar-refractivity contribution < 1.29 is 9.18 Å². The zero-order chi connectivity index (χ0) is 19.9. The number of amides is 1. The summed E-state index contributed by atoms with van der Waals surface area (Å²) in [4.78, 5) is 16.8. The first-order valence-electron chi connectivity index (χ1n) is 10.2. The van der Waals surface area contributed by atoms with E-state index in [9.17, 15) is 9.18 Å². The first-order chi connectivity index (χ1) is 13.5. The smallest absolute Gasteiger partial charge is 0.234 e. The van der Waals surface area contributed by atoms with Gasteiger partial charge in [-0.05, 0) is 48.7 Å². The van der Waals surface area contributed by atoms with Crippen molar-refractivity contribution in [3.8, 4) is 0 Å². The highest BCUT2D eigenvalue weighted by molar-refractivity contribution is 5.78. The van der Waals surface area contributed by atoms with Crippen LogP contribution in [0.2, 0.25) is 0 Å². The van der Waals surface area contributed by atoms with Gasteiger partial charge in [0.1, 0.15) is 5.82 Å². The summed E-state index contributed by atoms with van der Waals surface area (Å²) in [5, 5.41) is 3.11. The van der Waals surface area contributed by atoms with Gasteiger partial charge in [-0.25, -0.2) is 4.39 Å². The lowest BCUT2D eigenvalue weighted by molar-refractivity contribution is -0.123. The summed E-state index contributed by atoms with van der Waals surface area (Å²) in [7, 11) is 0. The summed E-state index contributed by atoms with van der Waals surface area (Å²) in [6.45, 7) is 7.95. The molecule has 0 radical (unpaired) electrons. The molecule has 2 aromatic carbocycles. The maximum Gasteiger partial charge on any atom is 0.234 e. The van der Waals surface area contributed by atoms with Crippen molar-refractivity contribution in [2.45, 2.75) is 32.7 Å². The Morgan fingerprint density at radius 2 is 1.68 bits per heavy atom. The van der Waals surface area contributed by atoms with E-state index in [2.05, 4.69) is 46.3 Å². The minimum Gasteiger partial charge on any atom is -0.369 e. The lowest BCUT2D eigenvalue weighted by Gasteiger charge is -2.35. The van der Waals surface area contributed by atoms with E-state index in [1.807, 2.05) is 19.1 Å². The molecule has 0 aliphatic carbocycles. The molecule has 1 atom stereocenters. The number of carbonyl (C=O) groups excluding carboxylic acids is 1. The molecular weight excluding hydrogens is 353 g/mol. The van der Waals surface area contributed by atoms with Crippen LogP contribution < -0.4 is 10.2 Å². The largest absolute Gasteiger partial charge is 0.369 e. The van der Waals surface area contributed by atoms with Crippen molar-refractivity contribution in [1.29, 1.82) is 0 Å². The van der Waals surface area contributed by atoms with E-state index in [4.69, 9.17) is 0 Å². The number of nitrogens with zero attached hydrogens (tertiary/aromatic N) is 2. The molecule has 3 rings (SSSR count). The Balaban J connectivity index is 1.44. The fraction of sp³-hybridized carbons (Fsp3) is 0.435. The van der Waals surface area contributed by atoms with E-state index >= 15 is 0 Å². The van der Waals surface area contributed by atoms with Gasteiger partial charge in [0.2, 0.25) is 5.91 Å². The first kappa shape index (κ1) is 20.3. The maximum absolute atomic E-state index is 13.1. The van der Waals surface area contributed by atoms with Crippen LogP contribution in [-0.2, 0) is 11.2 Å². The van der Waals surface area contributed by atoms with E-state index in [-0.39, 0.29) is 17.8 Å². The van der Waals surface area contributed by atoms with Gasteiger partial charge in [-0.1, -0.05) is 37.6 Å². The van der Waals surface area contributed by atoms with Crippen molar-refractivity contribution in [3.05, 3.63) is 65.5 Å². The second-order valence-electron chi connectivity index (χ2n) is 7.52. The van der Waals surface area contributed by atoms with E-state index < -0.39 is 0 Å². The molecule has 1 aliphatic heterocycles. The Kier molecular flexibility index (Phi) is 7.04. The second-order valence-corrected chi connectivity index (χ2v) is 7.52. The van der Waals surface area contributed by atoms with Crippen LogP contribution in [-0.4, -0.2) is 43.5 Å². The number of anilines is 1. The molecule has 0 saturated carbocycles. The van der Waals surface area contributed by atoms with Crippen LogP contribution in [0.15, 0.2) is 48.5 Å². The van der Waals surface area contributed by atoms with Gasteiger partial charge in [0.15, 0.2) is 0 Å². The van der Waals surface area contributed by atoms with Gasteiger partial charge in [-0.3, -0.25) is 9.69 Å². The van der Waals surface area contributed by atoms with Gasteiger partial charge in [0, 0.05) is 31.9 Å². The molecule has 0 unspecified atom stereocenters. The number of aryl methyl sites for hydroxylation is 1. The second kappa shape index (κ2) is 9.69. The van der Waals surface area contributed by atoms with Crippen molar-refractivity contribution in [2.24, 2.45) is 0 Å². The van der Waals surface area contributed by atoms with E-state index in [0.29, 0.717) is 6.54 Å². The van der Waals surface area contributed by atoms with Crippen molar-refractivity contribution in [3.63, 3.8) is 0 Å². The summed E-state index contributed by atoms with van der Waals surface area (Å²) in [5.41, 5.74) is 3.50. The quantitative estimate of drug-likeness (QED) is 0.790. The van der Waals surface area contributed by atoms with E-state index in [1.54, 1.807) is 0 Å². The monoisotopic (exact) mass is 383 g/mol. The summed E-state index contributed by atoms with van der Waals surface area (Å²) in [6.07, 6.45) is 2.23. The highest BCUT2D eigenvalue weighted by Crippen LogP contribution is 2.17. The average Bonchev–Trinajstić information content (AvgIpc) is 2.70. The number of halogens is 1. The molecule has 1 saturated heterocycles. The highest BCUT2D eigenvalue weighted by atomic mass is 19.1. The Morgan fingerprint density at radius 3 is 2.29 bits per heavy atom. The number of hydrogen-bond donors (Lipinski definition) is 1. The third kappa shape index (κ3) is 5.55. The standard InChI is InChI=1S/C23H30FN3O/c1-3-4-19-5-7-20(8-6-19)18(2)25-23(28)17-26-13-15-27(16-14-26)22-11-9-21(24)10-12-22/h5-12,18H,3-4,13-17H2,1-2H3,(H,25,28)/t18-/m0/s1. The van der Waals surface area contributed by atoms with Crippen LogP contribution >= 0.6 is 0 Å². The zero-order valence-electron chi connectivity index (χ0n) is 16.8. The molecular formula is C23H30FN3O. The topological polar surface area (TPSA) is 35.6 Å². The van der Waals surface area contributed by atoms with Crippen LogP contribution in [0.3, 0.4) is 0 Å². The van der Waals surface area contributed by atoms with E-state index in [0.717, 1.165) is 50.3 Å². The number of benzene rings is 2. The molecule has 0 aromatic heterocycles. The van der Waals surface area contributed by atoms with Crippen molar-refractivity contribution >= 4 is 11.6 Å². The number of carbonyl (C=O) groups is 1. The Morgan fingerprint density at radius 1 is 1.04 bits per heavy atom. The van der Waals surface area contributed by atoms with Gasteiger partial charge in [0.05, 0.1) is 12.6 Å². The van der Waals surface area contributed by atoms with Crippen molar-refractivity contribution in [2.75, 3.05) is 37.6 Å². The van der Waals surface area contributed by atoms with Gasteiger partial charge >= 0.3 is 0 Å². The lowest BCUT2D eigenvalue weighted by atomic mass is 10.0. The normalized spacial score (nSPS) is 16.0. The molecule has 150 valence electrons. The van der Waals surface area contributed by atoms with Gasteiger partial charge in [-0.2, -0.15) is 0 Å². The maximum atomic E-state index is 13.1. The van der Waals surface area contributed by atoms with Crippen LogP contribution in [0.4, 0.5) is 10.1 Å². The predicted octanol–water partition coefficient (Wildman–Crippen LogP) is 3.78. The predicted molar refractivity (Wildman–Crippen MR) is 112 cm³/mol. The Bertz CT molecular complexity index is 752. The minimum absolute atomic E-state index is 0.00341. The average molecular weight is 384 g/mol. The van der Waals surface area contributed by atoms with Gasteiger partial charge in [0.25, 0.3) is 0 Å². The van der Waals surface area contributed by atoms with Gasteiger partial charge < -0.3 is 10.2 Å². The Hall–Kier alpha value is -2.40. The number of piperazine rings is 1. The molecule has 1 aliphatic rings. The van der Waals surface area contributed by atoms with Crippen LogP contribution in [0.1, 0.15) is 37.4 Å². The molecule has 2 aromatic rings. The zero-order valence-corrected chi connectivity index (χ0v) is 16.8.